The summed E-state index contributed by atoms with van der Waals surface area (Å²) in [5, 5.41) is 1.04. The number of ether oxygens (including phenoxy) is 5. The standard InChI is InChI=1S/C21H18O7/c1-24-19-16(13-9-5-4-6-10-13)17(27-20(22)25-2)14-11-7-8-12-15(14)18(19)28-21(23)26-3/h4-12H,1-3H3. The van der Waals surface area contributed by atoms with Gasteiger partial charge < -0.3 is 23.7 Å². The Morgan fingerprint density at radius 3 is 1.68 bits per heavy atom. The van der Waals surface area contributed by atoms with Gasteiger partial charge in [-0.25, -0.2) is 9.59 Å². The fourth-order valence-electron chi connectivity index (χ4n) is 2.87. The maximum Gasteiger partial charge on any atom is 0.513 e. The van der Waals surface area contributed by atoms with Gasteiger partial charge in [0.2, 0.25) is 0 Å². The van der Waals surface area contributed by atoms with Crippen LogP contribution in [-0.2, 0) is 9.47 Å². The van der Waals surface area contributed by atoms with Crippen LogP contribution >= 0.6 is 0 Å². The number of methoxy groups -OCH3 is 3. The Morgan fingerprint density at radius 2 is 1.14 bits per heavy atom. The van der Waals surface area contributed by atoms with Crippen molar-refractivity contribution in [3.05, 3.63) is 54.6 Å². The third kappa shape index (κ3) is 3.55. The lowest BCUT2D eigenvalue weighted by Gasteiger charge is -2.20. The van der Waals surface area contributed by atoms with Gasteiger partial charge in [-0.2, -0.15) is 0 Å². The molecule has 0 saturated carbocycles. The van der Waals surface area contributed by atoms with Crippen LogP contribution in [0.3, 0.4) is 0 Å². The molecule has 7 nitrogen and oxygen atoms in total. The molecule has 0 unspecified atom stereocenters. The van der Waals surface area contributed by atoms with Crippen LogP contribution in [0.4, 0.5) is 9.59 Å². The monoisotopic (exact) mass is 382 g/mol. The van der Waals surface area contributed by atoms with E-state index in [1.165, 1.54) is 21.3 Å². The van der Waals surface area contributed by atoms with Crippen LogP contribution < -0.4 is 14.2 Å². The number of hydrogen-bond acceptors (Lipinski definition) is 7. The zero-order valence-corrected chi connectivity index (χ0v) is 15.6. The minimum atomic E-state index is -0.899. The summed E-state index contributed by atoms with van der Waals surface area (Å²) in [5.41, 5.74) is 1.13. The molecule has 0 aliphatic carbocycles. The molecule has 0 aliphatic heterocycles. The van der Waals surface area contributed by atoms with Gasteiger partial charge in [-0.15, -0.1) is 0 Å². The van der Waals surface area contributed by atoms with Crippen molar-refractivity contribution >= 4 is 23.1 Å². The third-order valence-corrected chi connectivity index (χ3v) is 4.05. The quantitative estimate of drug-likeness (QED) is 0.473. The van der Waals surface area contributed by atoms with E-state index in [1.54, 1.807) is 24.3 Å². The summed E-state index contributed by atoms with van der Waals surface area (Å²) >= 11 is 0. The van der Waals surface area contributed by atoms with E-state index in [-0.39, 0.29) is 17.2 Å². The Bertz CT molecular complexity index is 1010. The van der Waals surface area contributed by atoms with E-state index < -0.39 is 12.3 Å². The van der Waals surface area contributed by atoms with Gasteiger partial charge in [0.1, 0.15) is 0 Å². The first kappa shape index (κ1) is 19.0. The van der Waals surface area contributed by atoms with E-state index in [0.717, 1.165) is 0 Å². The van der Waals surface area contributed by atoms with Crippen molar-refractivity contribution in [3.8, 4) is 28.4 Å². The molecule has 3 aromatic rings. The van der Waals surface area contributed by atoms with Crippen LogP contribution in [0.2, 0.25) is 0 Å². The molecule has 0 heterocycles. The minimum Gasteiger partial charge on any atom is -0.492 e. The van der Waals surface area contributed by atoms with Crippen LogP contribution in [0, 0.1) is 0 Å². The Balaban J connectivity index is 2.42. The molecule has 0 N–H and O–H groups in total. The van der Waals surface area contributed by atoms with E-state index in [1.807, 2.05) is 30.3 Å². The second kappa shape index (κ2) is 8.30. The lowest BCUT2D eigenvalue weighted by Crippen LogP contribution is -2.12. The molecule has 0 amide bonds. The van der Waals surface area contributed by atoms with Gasteiger partial charge >= 0.3 is 12.3 Å². The topological polar surface area (TPSA) is 80.3 Å². The average molecular weight is 382 g/mol. The van der Waals surface area contributed by atoms with E-state index in [2.05, 4.69) is 9.47 Å². The summed E-state index contributed by atoms with van der Waals surface area (Å²) < 4.78 is 25.8. The van der Waals surface area contributed by atoms with Crippen LogP contribution in [0.5, 0.6) is 17.2 Å². The normalized spacial score (nSPS) is 10.2. The first-order valence-corrected chi connectivity index (χ1v) is 8.30. The second-order valence-corrected chi connectivity index (χ2v) is 5.59. The van der Waals surface area contributed by atoms with Gasteiger partial charge in [-0.3, -0.25) is 0 Å². The van der Waals surface area contributed by atoms with Crippen LogP contribution in [0.25, 0.3) is 21.9 Å². The predicted molar refractivity (Wildman–Crippen MR) is 102 cm³/mol. The Morgan fingerprint density at radius 1 is 0.643 bits per heavy atom. The number of carbonyl (C=O) groups excluding carboxylic acids is 2. The molecule has 0 saturated heterocycles. The van der Waals surface area contributed by atoms with Gasteiger partial charge in [0, 0.05) is 10.8 Å². The molecular weight excluding hydrogens is 364 g/mol. The van der Waals surface area contributed by atoms with E-state index >= 15 is 0 Å². The molecule has 3 rings (SSSR count). The molecular formula is C21H18O7. The zero-order chi connectivity index (χ0) is 20.1. The molecule has 0 radical (unpaired) electrons. The average Bonchev–Trinajstić information content (AvgIpc) is 2.75. The molecule has 0 aliphatic rings. The number of carbonyl (C=O) groups is 2. The van der Waals surface area contributed by atoms with Gasteiger partial charge in [0.25, 0.3) is 0 Å². The summed E-state index contributed by atoms with van der Waals surface area (Å²) in [6, 6.07) is 16.1. The van der Waals surface area contributed by atoms with Crippen LogP contribution in [0.1, 0.15) is 0 Å². The van der Waals surface area contributed by atoms with Gasteiger partial charge in [0.05, 0.1) is 26.9 Å². The van der Waals surface area contributed by atoms with Crippen molar-refractivity contribution in [2.45, 2.75) is 0 Å². The SMILES string of the molecule is COC(=O)Oc1c(OC)c(-c2ccccc2)c(OC(=O)OC)c2ccccc12. The van der Waals surface area contributed by atoms with Crippen molar-refractivity contribution in [1.29, 1.82) is 0 Å². The number of fused-ring (bicyclic) bond motifs is 1. The first-order valence-electron chi connectivity index (χ1n) is 8.30. The fourth-order valence-corrected chi connectivity index (χ4v) is 2.87. The molecule has 0 spiro atoms. The predicted octanol–water partition coefficient (Wildman–Crippen LogP) is 4.81. The van der Waals surface area contributed by atoms with Crippen LogP contribution in [-0.4, -0.2) is 33.6 Å². The van der Waals surface area contributed by atoms with E-state index in [4.69, 9.17) is 14.2 Å². The molecule has 0 atom stereocenters. The minimum absolute atomic E-state index is 0.154. The number of hydrogen-bond donors (Lipinski definition) is 0. The maximum atomic E-state index is 11.9. The summed E-state index contributed by atoms with van der Waals surface area (Å²) in [7, 11) is 3.87. The first-order chi connectivity index (χ1) is 13.6. The summed E-state index contributed by atoms with van der Waals surface area (Å²) in [6.07, 6.45) is -1.78. The summed E-state index contributed by atoms with van der Waals surface area (Å²) in [6.45, 7) is 0. The van der Waals surface area contributed by atoms with Gasteiger partial charge in [0.15, 0.2) is 17.2 Å². The second-order valence-electron chi connectivity index (χ2n) is 5.59. The highest BCUT2D eigenvalue weighted by atomic mass is 16.7. The van der Waals surface area contributed by atoms with Crippen LogP contribution in [0.15, 0.2) is 54.6 Å². The van der Waals surface area contributed by atoms with Crippen molar-refractivity contribution in [3.63, 3.8) is 0 Å². The Kier molecular flexibility index (Phi) is 5.64. The smallest absolute Gasteiger partial charge is 0.492 e. The van der Waals surface area contributed by atoms with E-state index in [9.17, 15) is 9.59 Å². The lowest BCUT2D eigenvalue weighted by atomic mass is 9.97. The maximum absolute atomic E-state index is 11.9. The van der Waals surface area contributed by atoms with Crippen molar-refractivity contribution < 1.29 is 33.3 Å². The lowest BCUT2D eigenvalue weighted by molar-refractivity contribution is 0.119. The summed E-state index contributed by atoms with van der Waals surface area (Å²) in [4.78, 5) is 23.8. The van der Waals surface area contributed by atoms with Crippen molar-refractivity contribution in [1.82, 2.24) is 0 Å². The highest BCUT2D eigenvalue weighted by molar-refractivity contribution is 6.04. The molecule has 7 heteroatoms. The number of rotatable bonds is 4. The molecule has 0 aromatic heterocycles. The fraction of sp³-hybridized carbons (Fsp3) is 0.143. The Hall–Kier alpha value is -3.74. The zero-order valence-electron chi connectivity index (χ0n) is 15.6. The summed E-state index contributed by atoms with van der Waals surface area (Å²) in [5.74, 6) is 0.595. The van der Waals surface area contributed by atoms with Gasteiger partial charge in [-0.1, -0.05) is 54.6 Å². The van der Waals surface area contributed by atoms with Crippen molar-refractivity contribution in [2.75, 3.05) is 21.3 Å². The highest BCUT2D eigenvalue weighted by Gasteiger charge is 2.27. The molecule has 0 bridgehead atoms. The van der Waals surface area contributed by atoms with Crippen molar-refractivity contribution in [2.24, 2.45) is 0 Å². The highest BCUT2D eigenvalue weighted by Crippen LogP contribution is 2.51. The molecule has 0 fully saturated rings. The number of benzene rings is 3. The van der Waals surface area contributed by atoms with E-state index in [0.29, 0.717) is 21.9 Å². The largest absolute Gasteiger partial charge is 0.513 e. The molecule has 3 aromatic carbocycles. The third-order valence-electron chi connectivity index (χ3n) is 4.05. The molecule has 144 valence electrons. The van der Waals surface area contributed by atoms with Gasteiger partial charge in [-0.05, 0) is 5.56 Å². The Labute approximate surface area is 161 Å². The molecule has 28 heavy (non-hydrogen) atoms.